The van der Waals surface area contributed by atoms with Gasteiger partial charge in [-0.2, -0.15) is 4.31 Å². The fraction of sp³-hybridized carbons (Fsp3) is 0.556. The van der Waals surface area contributed by atoms with Crippen LogP contribution in [0.2, 0.25) is 0 Å². The van der Waals surface area contributed by atoms with Gasteiger partial charge in [-0.1, -0.05) is 12.2 Å². The molecule has 8 heteroatoms. The molecular formula is C9H14N4O2S2. The molecule has 2 N–H and O–H groups in total. The van der Waals surface area contributed by atoms with Gasteiger partial charge in [-0.05, 0) is 12.8 Å². The Labute approximate surface area is 105 Å². The van der Waals surface area contributed by atoms with Gasteiger partial charge in [-0.25, -0.2) is 13.4 Å². The summed E-state index contributed by atoms with van der Waals surface area (Å²) in [4.78, 5) is 4.10. The first-order chi connectivity index (χ1) is 7.93. The number of imidazole rings is 1. The molecule has 1 aliphatic rings. The van der Waals surface area contributed by atoms with Crippen molar-refractivity contribution in [1.29, 1.82) is 0 Å². The summed E-state index contributed by atoms with van der Waals surface area (Å²) in [6.45, 7) is 0.445. The number of hydrogen-bond acceptors (Lipinski definition) is 4. The van der Waals surface area contributed by atoms with E-state index in [4.69, 9.17) is 18.0 Å². The summed E-state index contributed by atoms with van der Waals surface area (Å²) < 4.78 is 27.5. The van der Waals surface area contributed by atoms with Gasteiger partial charge in [0.05, 0.1) is 17.4 Å². The minimum absolute atomic E-state index is 0.0446. The summed E-state index contributed by atoms with van der Waals surface area (Å²) in [6, 6.07) is -0.378. The largest absolute Gasteiger partial charge is 0.392 e. The zero-order chi connectivity index (χ0) is 12.6. The van der Waals surface area contributed by atoms with Gasteiger partial charge in [0.25, 0.3) is 10.0 Å². The van der Waals surface area contributed by atoms with E-state index in [0.29, 0.717) is 13.0 Å². The topological polar surface area (TPSA) is 81.2 Å². The molecule has 0 radical (unpaired) electrons. The lowest BCUT2D eigenvalue weighted by atomic mass is 10.2. The van der Waals surface area contributed by atoms with Crippen molar-refractivity contribution >= 4 is 27.2 Å². The summed E-state index contributed by atoms with van der Waals surface area (Å²) in [6.07, 6.45) is 4.39. The lowest BCUT2D eigenvalue weighted by molar-refractivity contribution is 0.444. The van der Waals surface area contributed by atoms with E-state index < -0.39 is 10.0 Å². The van der Waals surface area contributed by atoms with Gasteiger partial charge < -0.3 is 10.3 Å². The molecule has 0 aromatic carbocycles. The van der Waals surface area contributed by atoms with Crippen LogP contribution < -0.4 is 5.73 Å². The standard InChI is InChI=1S/C9H14N4O2S2/c1-12-5-8(11-6-12)17(14,15)13-4-2-3-7(13)9(10)16/h5-7H,2-4H2,1H3,(H2,10,16). The molecule has 1 aromatic rings. The van der Waals surface area contributed by atoms with Crippen LogP contribution in [-0.2, 0) is 17.1 Å². The van der Waals surface area contributed by atoms with Crippen LogP contribution in [-0.4, -0.2) is 39.8 Å². The molecular weight excluding hydrogens is 260 g/mol. The highest BCUT2D eigenvalue weighted by molar-refractivity contribution is 7.89. The van der Waals surface area contributed by atoms with E-state index in [9.17, 15) is 8.42 Å². The predicted molar refractivity (Wildman–Crippen MR) is 66.9 cm³/mol. The normalized spacial score (nSPS) is 21.8. The molecule has 0 bridgehead atoms. The number of aryl methyl sites for hydroxylation is 1. The van der Waals surface area contributed by atoms with Crippen LogP contribution in [0.5, 0.6) is 0 Å². The second kappa shape index (κ2) is 4.35. The van der Waals surface area contributed by atoms with Crippen LogP contribution >= 0.6 is 12.2 Å². The van der Waals surface area contributed by atoms with Crippen LogP contribution in [0.1, 0.15) is 12.8 Å². The van der Waals surface area contributed by atoms with Gasteiger partial charge >= 0.3 is 0 Å². The summed E-state index contributed by atoms with van der Waals surface area (Å²) in [5.41, 5.74) is 5.57. The minimum Gasteiger partial charge on any atom is -0.392 e. The maximum atomic E-state index is 12.3. The molecule has 6 nitrogen and oxygen atoms in total. The monoisotopic (exact) mass is 274 g/mol. The van der Waals surface area contributed by atoms with Crippen molar-refractivity contribution < 1.29 is 8.42 Å². The maximum absolute atomic E-state index is 12.3. The van der Waals surface area contributed by atoms with Crippen LogP contribution in [0.3, 0.4) is 0 Å². The molecule has 1 unspecified atom stereocenters. The quantitative estimate of drug-likeness (QED) is 0.776. The maximum Gasteiger partial charge on any atom is 0.262 e. The van der Waals surface area contributed by atoms with Crippen LogP contribution in [0.4, 0.5) is 0 Å². The van der Waals surface area contributed by atoms with Gasteiger partial charge in [-0.15, -0.1) is 0 Å². The van der Waals surface area contributed by atoms with Crippen molar-refractivity contribution in [2.24, 2.45) is 12.8 Å². The molecule has 1 aromatic heterocycles. The number of rotatable bonds is 3. The van der Waals surface area contributed by atoms with Gasteiger partial charge in [-0.3, -0.25) is 0 Å². The summed E-state index contributed by atoms with van der Waals surface area (Å²) in [7, 11) is -1.85. The van der Waals surface area contributed by atoms with E-state index in [1.165, 1.54) is 16.8 Å². The van der Waals surface area contributed by atoms with E-state index in [0.717, 1.165) is 6.42 Å². The Balaban J connectivity index is 2.36. The van der Waals surface area contributed by atoms with E-state index >= 15 is 0 Å². The zero-order valence-corrected chi connectivity index (χ0v) is 11.0. The molecule has 94 valence electrons. The highest BCUT2D eigenvalue weighted by atomic mass is 32.2. The number of nitrogens with two attached hydrogens (primary N) is 1. The van der Waals surface area contributed by atoms with E-state index in [-0.39, 0.29) is 16.1 Å². The van der Waals surface area contributed by atoms with Gasteiger partial charge in [0, 0.05) is 19.8 Å². The van der Waals surface area contributed by atoms with Crippen LogP contribution in [0.25, 0.3) is 0 Å². The Hall–Kier alpha value is -0.990. The average Bonchev–Trinajstić information content (AvgIpc) is 2.84. The first-order valence-electron chi connectivity index (χ1n) is 5.22. The van der Waals surface area contributed by atoms with E-state index in [1.54, 1.807) is 11.6 Å². The fourth-order valence-corrected chi connectivity index (χ4v) is 3.91. The first kappa shape index (κ1) is 12.5. The lowest BCUT2D eigenvalue weighted by Crippen LogP contribution is -2.42. The zero-order valence-electron chi connectivity index (χ0n) is 9.41. The smallest absolute Gasteiger partial charge is 0.262 e. The van der Waals surface area contributed by atoms with Gasteiger partial charge in [0.2, 0.25) is 0 Å². The van der Waals surface area contributed by atoms with E-state index in [1.807, 2.05) is 0 Å². The predicted octanol–water partition coefficient (Wildman–Crippen LogP) is -0.141. The van der Waals surface area contributed by atoms with Gasteiger partial charge in [0.15, 0.2) is 5.03 Å². The molecule has 2 rings (SSSR count). The molecule has 1 atom stereocenters. The third kappa shape index (κ3) is 2.20. The molecule has 0 spiro atoms. The number of nitrogens with zero attached hydrogens (tertiary/aromatic N) is 3. The summed E-state index contributed by atoms with van der Waals surface area (Å²) in [5, 5.41) is 0.0446. The van der Waals surface area contributed by atoms with Crippen molar-refractivity contribution in [3.63, 3.8) is 0 Å². The Morgan fingerprint density at radius 2 is 2.35 bits per heavy atom. The molecule has 17 heavy (non-hydrogen) atoms. The first-order valence-corrected chi connectivity index (χ1v) is 7.07. The lowest BCUT2D eigenvalue weighted by Gasteiger charge is -2.21. The Bertz CT molecular complexity index is 537. The van der Waals surface area contributed by atoms with Crippen molar-refractivity contribution in [3.05, 3.63) is 12.5 Å². The molecule has 1 fully saturated rings. The number of aromatic nitrogens is 2. The third-order valence-electron chi connectivity index (χ3n) is 2.79. The van der Waals surface area contributed by atoms with Gasteiger partial charge in [0.1, 0.15) is 0 Å². The highest BCUT2D eigenvalue weighted by Gasteiger charge is 2.37. The second-order valence-electron chi connectivity index (χ2n) is 4.05. The van der Waals surface area contributed by atoms with Crippen LogP contribution in [0, 0.1) is 0 Å². The molecule has 0 saturated carbocycles. The molecule has 0 aliphatic carbocycles. The average molecular weight is 274 g/mol. The van der Waals surface area contributed by atoms with Crippen molar-refractivity contribution in [3.8, 4) is 0 Å². The molecule has 1 saturated heterocycles. The number of sulfonamides is 1. The summed E-state index contributed by atoms with van der Waals surface area (Å²) >= 11 is 4.90. The Morgan fingerprint density at radius 3 is 2.88 bits per heavy atom. The number of thiocarbonyl (C=S) groups is 1. The highest BCUT2D eigenvalue weighted by Crippen LogP contribution is 2.25. The second-order valence-corrected chi connectivity index (χ2v) is 6.36. The van der Waals surface area contributed by atoms with Crippen molar-refractivity contribution in [1.82, 2.24) is 13.9 Å². The van der Waals surface area contributed by atoms with E-state index in [2.05, 4.69) is 4.98 Å². The van der Waals surface area contributed by atoms with Crippen molar-refractivity contribution in [2.75, 3.05) is 6.54 Å². The van der Waals surface area contributed by atoms with Crippen LogP contribution in [0.15, 0.2) is 17.6 Å². The fourth-order valence-electron chi connectivity index (χ4n) is 1.95. The molecule has 0 amide bonds. The minimum atomic E-state index is -3.58. The molecule has 2 heterocycles. The SMILES string of the molecule is Cn1cnc(S(=O)(=O)N2CCCC2C(N)=S)c1. The third-order valence-corrected chi connectivity index (χ3v) is 4.85. The summed E-state index contributed by atoms with van der Waals surface area (Å²) in [5.74, 6) is 0. The Morgan fingerprint density at radius 1 is 1.65 bits per heavy atom. The molecule has 1 aliphatic heterocycles. The van der Waals surface area contributed by atoms with Crippen molar-refractivity contribution in [2.45, 2.75) is 23.9 Å². The Kier molecular flexibility index (Phi) is 3.19. The number of hydrogen-bond donors (Lipinski definition) is 1.